The van der Waals surface area contributed by atoms with Crippen molar-refractivity contribution in [2.24, 2.45) is 5.73 Å². The SMILES string of the molecule is NC1(c2noc(-c3csc(Cc4ccccc4)n3)n2)CCCC1. The summed E-state index contributed by atoms with van der Waals surface area (Å²) < 4.78 is 5.39. The predicted molar refractivity (Wildman–Crippen MR) is 89.0 cm³/mol. The molecule has 0 aliphatic heterocycles. The van der Waals surface area contributed by atoms with E-state index in [-0.39, 0.29) is 0 Å². The molecule has 4 rings (SSSR count). The topological polar surface area (TPSA) is 77.8 Å². The molecule has 2 heterocycles. The Morgan fingerprint density at radius 3 is 2.70 bits per heavy atom. The van der Waals surface area contributed by atoms with Crippen molar-refractivity contribution >= 4 is 11.3 Å². The minimum absolute atomic E-state index is 0.426. The summed E-state index contributed by atoms with van der Waals surface area (Å²) in [5, 5.41) is 7.10. The van der Waals surface area contributed by atoms with E-state index >= 15 is 0 Å². The van der Waals surface area contributed by atoms with Gasteiger partial charge < -0.3 is 10.3 Å². The van der Waals surface area contributed by atoms with Gasteiger partial charge in [-0.15, -0.1) is 11.3 Å². The number of aromatic nitrogens is 3. The van der Waals surface area contributed by atoms with Gasteiger partial charge in [-0.1, -0.05) is 48.3 Å². The van der Waals surface area contributed by atoms with Gasteiger partial charge in [-0.3, -0.25) is 0 Å². The number of rotatable bonds is 4. The van der Waals surface area contributed by atoms with Gasteiger partial charge in [-0.25, -0.2) is 4.98 Å². The normalized spacial score (nSPS) is 16.7. The Kier molecular flexibility index (Phi) is 3.71. The van der Waals surface area contributed by atoms with E-state index in [0.717, 1.165) is 42.8 Å². The van der Waals surface area contributed by atoms with Gasteiger partial charge in [-0.2, -0.15) is 4.98 Å². The molecule has 0 spiro atoms. The van der Waals surface area contributed by atoms with Crippen LogP contribution in [0.15, 0.2) is 40.2 Å². The summed E-state index contributed by atoms with van der Waals surface area (Å²) in [4.78, 5) is 9.12. The monoisotopic (exact) mass is 326 g/mol. The zero-order valence-corrected chi connectivity index (χ0v) is 13.6. The van der Waals surface area contributed by atoms with E-state index in [1.54, 1.807) is 11.3 Å². The van der Waals surface area contributed by atoms with E-state index in [1.807, 2.05) is 23.6 Å². The van der Waals surface area contributed by atoms with Crippen LogP contribution in [0.5, 0.6) is 0 Å². The van der Waals surface area contributed by atoms with E-state index in [0.29, 0.717) is 11.7 Å². The fourth-order valence-electron chi connectivity index (χ4n) is 3.02. The molecule has 2 aromatic heterocycles. The zero-order chi connectivity index (χ0) is 15.7. The molecule has 23 heavy (non-hydrogen) atoms. The predicted octanol–water partition coefficient (Wildman–Crippen LogP) is 3.51. The number of nitrogens with two attached hydrogens (primary N) is 1. The van der Waals surface area contributed by atoms with Crippen LogP contribution in [0.25, 0.3) is 11.6 Å². The van der Waals surface area contributed by atoms with Crippen molar-refractivity contribution in [3.63, 3.8) is 0 Å². The smallest absolute Gasteiger partial charge is 0.277 e. The Bertz CT molecular complexity index is 790. The average molecular weight is 326 g/mol. The maximum Gasteiger partial charge on any atom is 0.277 e. The van der Waals surface area contributed by atoms with Crippen molar-refractivity contribution in [1.29, 1.82) is 0 Å². The summed E-state index contributed by atoms with van der Waals surface area (Å²) in [6.45, 7) is 0. The highest BCUT2D eigenvalue weighted by molar-refractivity contribution is 7.10. The van der Waals surface area contributed by atoms with Gasteiger partial charge in [0.05, 0.1) is 10.5 Å². The van der Waals surface area contributed by atoms with E-state index in [4.69, 9.17) is 10.3 Å². The lowest BCUT2D eigenvalue weighted by atomic mass is 9.99. The number of hydrogen-bond donors (Lipinski definition) is 1. The molecule has 118 valence electrons. The van der Waals surface area contributed by atoms with Crippen molar-refractivity contribution in [2.75, 3.05) is 0 Å². The summed E-state index contributed by atoms with van der Waals surface area (Å²) in [6.07, 6.45) is 4.90. The number of hydrogen-bond acceptors (Lipinski definition) is 6. The summed E-state index contributed by atoms with van der Waals surface area (Å²) in [6, 6.07) is 10.3. The lowest BCUT2D eigenvalue weighted by Gasteiger charge is -2.17. The zero-order valence-electron chi connectivity index (χ0n) is 12.7. The van der Waals surface area contributed by atoms with Crippen molar-refractivity contribution in [2.45, 2.75) is 37.6 Å². The molecule has 0 unspecified atom stereocenters. The maximum atomic E-state index is 6.38. The third-order valence-corrected chi connectivity index (χ3v) is 5.18. The first kappa shape index (κ1) is 14.5. The fraction of sp³-hybridized carbons (Fsp3) is 0.353. The number of benzene rings is 1. The summed E-state index contributed by atoms with van der Waals surface area (Å²) in [5.41, 5.74) is 7.93. The van der Waals surface area contributed by atoms with E-state index < -0.39 is 5.54 Å². The van der Waals surface area contributed by atoms with Crippen LogP contribution in [0.2, 0.25) is 0 Å². The fourth-order valence-corrected chi connectivity index (χ4v) is 3.82. The van der Waals surface area contributed by atoms with Crippen LogP contribution in [-0.4, -0.2) is 15.1 Å². The quantitative estimate of drug-likeness (QED) is 0.794. The molecule has 0 atom stereocenters. The third kappa shape index (κ3) is 2.92. The molecule has 0 amide bonds. The van der Waals surface area contributed by atoms with Crippen molar-refractivity contribution < 1.29 is 4.52 Å². The molecular weight excluding hydrogens is 308 g/mol. The molecule has 5 nitrogen and oxygen atoms in total. The lowest BCUT2D eigenvalue weighted by Crippen LogP contribution is -2.34. The molecule has 0 radical (unpaired) electrons. The highest BCUT2D eigenvalue weighted by atomic mass is 32.1. The van der Waals surface area contributed by atoms with Gasteiger partial charge in [0.15, 0.2) is 5.82 Å². The molecule has 1 fully saturated rings. The van der Waals surface area contributed by atoms with Crippen molar-refractivity contribution in [1.82, 2.24) is 15.1 Å². The second-order valence-corrected chi connectivity index (χ2v) is 7.02. The molecular formula is C17H18N4OS. The van der Waals surface area contributed by atoms with Crippen LogP contribution in [-0.2, 0) is 12.0 Å². The number of nitrogens with zero attached hydrogens (tertiary/aromatic N) is 3. The van der Waals surface area contributed by atoms with E-state index in [1.165, 1.54) is 5.56 Å². The van der Waals surface area contributed by atoms with Gasteiger partial charge >= 0.3 is 0 Å². The van der Waals surface area contributed by atoms with E-state index in [2.05, 4.69) is 27.3 Å². The molecule has 1 aromatic carbocycles. The van der Waals surface area contributed by atoms with Gasteiger partial charge in [0.2, 0.25) is 0 Å². The summed E-state index contributed by atoms with van der Waals surface area (Å²) in [5.74, 6) is 1.08. The second-order valence-electron chi connectivity index (χ2n) is 6.08. The third-order valence-electron chi connectivity index (χ3n) is 4.34. The highest BCUT2D eigenvalue weighted by Gasteiger charge is 2.36. The second kappa shape index (κ2) is 5.86. The van der Waals surface area contributed by atoms with Gasteiger partial charge in [0.1, 0.15) is 5.69 Å². The standard InChI is InChI=1S/C17H18N4OS/c18-17(8-4-5-9-17)16-20-15(22-21-16)13-11-23-14(19-13)10-12-6-2-1-3-7-12/h1-3,6-7,11H,4-5,8-10,18H2. The largest absolute Gasteiger partial charge is 0.332 e. The maximum absolute atomic E-state index is 6.38. The molecule has 1 aliphatic carbocycles. The molecule has 1 saturated carbocycles. The summed E-state index contributed by atoms with van der Waals surface area (Å²) >= 11 is 1.61. The highest BCUT2D eigenvalue weighted by Crippen LogP contribution is 2.35. The van der Waals surface area contributed by atoms with Crippen LogP contribution in [0.3, 0.4) is 0 Å². The molecule has 2 N–H and O–H groups in total. The van der Waals surface area contributed by atoms with Gasteiger partial charge in [0.25, 0.3) is 5.89 Å². The number of thiazole rings is 1. The first-order valence-electron chi connectivity index (χ1n) is 7.85. The van der Waals surface area contributed by atoms with Crippen LogP contribution in [0.4, 0.5) is 0 Å². The Balaban J connectivity index is 1.54. The molecule has 6 heteroatoms. The van der Waals surface area contributed by atoms with Crippen molar-refractivity contribution in [3.05, 3.63) is 52.1 Å². The Labute approximate surface area is 138 Å². The van der Waals surface area contributed by atoms with Crippen LogP contribution in [0, 0.1) is 0 Å². The Morgan fingerprint density at radius 2 is 1.91 bits per heavy atom. The Morgan fingerprint density at radius 1 is 1.13 bits per heavy atom. The van der Waals surface area contributed by atoms with Crippen LogP contribution < -0.4 is 5.73 Å². The first-order chi connectivity index (χ1) is 11.2. The van der Waals surface area contributed by atoms with Gasteiger partial charge in [0, 0.05) is 11.8 Å². The van der Waals surface area contributed by atoms with Gasteiger partial charge in [-0.05, 0) is 18.4 Å². The molecule has 3 aromatic rings. The minimum atomic E-state index is -0.426. The molecule has 0 bridgehead atoms. The lowest BCUT2D eigenvalue weighted by molar-refractivity contribution is 0.372. The average Bonchev–Trinajstić information content (AvgIpc) is 3.28. The van der Waals surface area contributed by atoms with Crippen LogP contribution in [0.1, 0.15) is 42.1 Å². The first-order valence-corrected chi connectivity index (χ1v) is 8.73. The molecule has 1 aliphatic rings. The van der Waals surface area contributed by atoms with Crippen LogP contribution >= 0.6 is 11.3 Å². The van der Waals surface area contributed by atoms with E-state index in [9.17, 15) is 0 Å². The summed E-state index contributed by atoms with van der Waals surface area (Å²) in [7, 11) is 0. The van der Waals surface area contributed by atoms with Crippen molar-refractivity contribution in [3.8, 4) is 11.6 Å². The Hall–Kier alpha value is -2.05. The minimum Gasteiger partial charge on any atom is -0.332 e. The molecule has 0 saturated heterocycles.